The summed E-state index contributed by atoms with van der Waals surface area (Å²) in [5, 5.41) is 26.9. The van der Waals surface area contributed by atoms with Crippen LogP contribution in [0.15, 0.2) is 108 Å². The number of Topliss-reactive ketones (excluding diaryl/α,β-unsaturated/α-hetero) is 1. The number of ketones is 1. The standard InChI is InChI=1S/C52H52N4O9S/c1-28-19-32-20-39-41(22-53)56-40(45(55(39)4)43(32)29(2)46(28)61-5)21-52(60)44(48-47(64-27-65-48)30(3)49(52)57)42(56)24-62-50(58)38(54-51(59)63-23-31-13-7-6-8-14-31)26-66-25-37-35-17-11-9-15-33(35)34-16-10-12-18-36(34)37/h6-19,37-42,45,60H,20-21,23-27H2,1-5H3,(H,54,59)/t38-,39+,40?,41+,42+,45+,52?/m1/s1. The number of ether oxygens (including phenoxy) is 5. The molecule has 4 heterocycles. The number of nitriles is 1. The average Bonchev–Trinajstić information content (AvgIpc) is 3.93. The van der Waals surface area contributed by atoms with Gasteiger partial charge in [0.15, 0.2) is 22.9 Å². The highest BCUT2D eigenvalue weighted by Gasteiger charge is 2.64. The number of fused-ring (bicyclic) bond motifs is 11. The van der Waals surface area contributed by atoms with Gasteiger partial charge in [0.25, 0.3) is 0 Å². The Morgan fingerprint density at radius 1 is 0.970 bits per heavy atom. The van der Waals surface area contributed by atoms with Crippen molar-refractivity contribution in [2.24, 2.45) is 0 Å². The van der Waals surface area contributed by atoms with Crippen LogP contribution in [0.4, 0.5) is 4.79 Å². The lowest BCUT2D eigenvalue weighted by molar-refractivity contribution is -0.159. The number of rotatable bonds is 11. The zero-order chi connectivity index (χ0) is 46.0. The van der Waals surface area contributed by atoms with Crippen molar-refractivity contribution in [3.05, 3.63) is 147 Å². The van der Waals surface area contributed by atoms with Crippen molar-refractivity contribution in [3.8, 4) is 22.9 Å². The summed E-state index contributed by atoms with van der Waals surface area (Å²) in [6.45, 7) is 5.11. The molecule has 0 radical (unpaired) electrons. The van der Waals surface area contributed by atoms with Gasteiger partial charge in [0.2, 0.25) is 6.79 Å². The minimum Gasteiger partial charge on any atom is -0.496 e. The third kappa shape index (κ3) is 7.06. The molecule has 13 nitrogen and oxygen atoms in total. The molecule has 1 amide bonds. The van der Waals surface area contributed by atoms with Gasteiger partial charge in [0.05, 0.1) is 25.3 Å². The SMILES string of the molecule is COc1c(C)cc2c(c1C)[C@@H]1C3CC4(O)C(=O)C(C)=C5OCOC5=C4[C@H](COC(=O)[C@@H](CSCC4c5ccccc5-c5ccccc54)NC(=O)OCc4ccccc4)N3[C@@H](C#N)[C@H](C2)N1C. The van der Waals surface area contributed by atoms with E-state index in [1.807, 2.05) is 80.4 Å². The first-order valence-electron chi connectivity index (χ1n) is 22.4. The van der Waals surface area contributed by atoms with Crippen LogP contribution >= 0.6 is 11.8 Å². The molecule has 4 aromatic carbocycles. The number of nitrogens with one attached hydrogen (secondary N) is 1. The molecule has 10 rings (SSSR count). The Morgan fingerprint density at radius 2 is 1.65 bits per heavy atom. The lowest BCUT2D eigenvalue weighted by Crippen LogP contribution is -2.74. The number of likely N-dealkylation sites (N-methyl/N-ethyl adjacent to an activating group) is 1. The summed E-state index contributed by atoms with van der Waals surface area (Å²) in [6, 6.07) is 26.5. The van der Waals surface area contributed by atoms with E-state index in [1.165, 1.54) is 34.0 Å². The molecule has 2 N–H and O–H groups in total. The quantitative estimate of drug-likeness (QED) is 0.152. The average molecular weight is 909 g/mol. The molecule has 3 fully saturated rings. The van der Waals surface area contributed by atoms with Gasteiger partial charge in [-0.15, -0.1) is 0 Å². The summed E-state index contributed by atoms with van der Waals surface area (Å²) in [5.41, 5.74) is 7.97. The number of esters is 1. The Labute approximate surface area is 388 Å². The number of alkyl carbamates (subject to hydrolysis) is 1. The van der Waals surface area contributed by atoms with E-state index in [-0.39, 0.29) is 72.8 Å². The van der Waals surface area contributed by atoms with Crippen LogP contribution in [-0.2, 0) is 41.6 Å². The minimum atomic E-state index is -2.08. The number of aliphatic hydroxyl groups is 1. The Kier molecular flexibility index (Phi) is 11.5. The molecule has 14 heteroatoms. The summed E-state index contributed by atoms with van der Waals surface area (Å²) in [4.78, 5) is 46.9. The van der Waals surface area contributed by atoms with Crippen LogP contribution in [0.25, 0.3) is 11.1 Å². The maximum atomic E-state index is 14.7. The summed E-state index contributed by atoms with van der Waals surface area (Å²) in [5.74, 6) is 0.784. The first-order chi connectivity index (χ1) is 31.9. The zero-order valence-corrected chi connectivity index (χ0v) is 38.4. The van der Waals surface area contributed by atoms with E-state index in [1.54, 1.807) is 14.0 Å². The van der Waals surface area contributed by atoms with Gasteiger partial charge < -0.3 is 34.1 Å². The number of benzene rings is 4. The fourth-order valence-corrected chi connectivity index (χ4v) is 12.9. The molecule has 3 saturated heterocycles. The van der Waals surface area contributed by atoms with E-state index < -0.39 is 47.6 Å². The molecular formula is C52H52N4O9S. The van der Waals surface area contributed by atoms with Crippen LogP contribution in [0.3, 0.4) is 0 Å². The number of piperazine rings is 1. The fraction of sp³-hybridized carbons (Fsp3) is 0.385. The van der Waals surface area contributed by atoms with Gasteiger partial charge in [0, 0.05) is 47.1 Å². The Bertz CT molecular complexity index is 2710. The van der Waals surface area contributed by atoms with Crippen LogP contribution in [0, 0.1) is 25.2 Å². The van der Waals surface area contributed by atoms with Gasteiger partial charge in [-0.2, -0.15) is 17.0 Å². The number of hydrogen-bond acceptors (Lipinski definition) is 13. The van der Waals surface area contributed by atoms with Gasteiger partial charge in [-0.3, -0.25) is 14.6 Å². The van der Waals surface area contributed by atoms with Crippen molar-refractivity contribution in [3.63, 3.8) is 0 Å². The summed E-state index contributed by atoms with van der Waals surface area (Å²) >= 11 is 1.52. The summed E-state index contributed by atoms with van der Waals surface area (Å²) in [7, 11) is 3.64. The van der Waals surface area contributed by atoms with Crippen molar-refractivity contribution < 1.29 is 43.2 Å². The molecule has 4 aliphatic heterocycles. The lowest BCUT2D eigenvalue weighted by Gasteiger charge is -2.62. The number of piperidine rings is 1. The van der Waals surface area contributed by atoms with Crippen LogP contribution in [0.2, 0.25) is 0 Å². The second-order valence-corrected chi connectivity index (χ2v) is 19.1. The monoisotopic (exact) mass is 908 g/mol. The van der Waals surface area contributed by atoms with E-state index in [0.29, 0.717) is 12.2 Å². The normalized spacial score (nSPS) is 25.5. The molecular weight excluding hydrogens is 857 g/mol. The molecule has 4 aromatic rings. The van der Waals surface area contributed by atoms with Gasteiger partial charge in [-0.1, -0.05) is 84.9 Å². The molecule has 340 valence electrons. The predicted octanol–water partition coefficient (Wildman–Crippen LogP) is 6.79. The highest BCUT2D eigenvalue weighted by atomic mass is 32.2. The number of thioether (sulfide) groups is 1. The maximum absolute atomic E-state index is 14.7. The Hall–Kier alpha value is -6.11. The van der Waals surface area contributed by atoms with Crippen molar-refractivity contribution in [1.82, 2.24) is 15.1 Å². The van der Waals surface area contributed by atoms with E-state index in [0.717, 1.165) is 33.6 Å². The first kappa shape index (κ1) is 43.8. The summed E-state index contributed by atoms with van der Waals surface area (Å²) in [6.07, 6.45) is -0.282. The number of hydrogen-bond donors (Lipinski definition) is 2. The predicted molar refractivity (Wildman–Crippen MR) is 246 cm³/mol. The maximum Gasteiger partial charge on any atom is 0.408 e. The topological polar surface area (TPSA) is 160 Å². The van der Waals surface area contributed by atoms with Crippen LogP contribution in [-0.4, -0.2) is 108 Å². The third-order valence-corrected chi connectivity index (χ3v) is 15.7. The summed E-state index contributed by atoms with van der Waals surface area (Å²) < 4.78 is 29.7. The van der Waals surface area contributed by atoms with Crippen LogP contribution in [0.1, 0.15) is 64.2 Å². The van der Waals surface area contributed by atoms with Crippen molar-refractivity contribution >= 4 is 29.6 Å². The van der Waals surface area contributed by atoms with Gasteiger partial charge in [-0.25, -0.2) is 9.59 Å². The number of amides is 1. The largest absolute Gasteiger partial charge is 0.496 e. The van der Waals surface area contributed by atoms with Crippen molar-refractivity contribution in [1.29, 1.82) is 5.26 Å². The number of carbonyl (C=O) groups excluding carboxylic acids is 3. The zero-order valence-electron chi connectivity index (χ0n) is 37.5. The Morgan fingerprint density at radius 3 is 2.35 bits per heavy atom. The van der Waals surface area contributed by atoms with Gasteiger partial charge in [-0.05, 0) is 84.3 Å². The van der Waals surface area contributed by atoms with Gasteiger partial charge >= 0.3 is 12.1 Å². The Balaban J connectivity index is 0.984. The highest BCUT2D eigenvalue weighted by Crippen LogP contribution is 2.55. The fourth-order valence-electron chi connectivity index (χ4n) is 11.7. The van der Waals surface area contributed by atoms with E-state index in [2.05, 4.69) is 46.6 Å². The highest BCUT2D eigenvalue weighted by molar-refractivity contribution is 7.99. The molecule has 6 aliphatic rings. The number of carbonyl (C=O) groups is 3. The van der Waals surface area contributed by atoms with E-state index in [4.69, 9.17) is 23.7 Å². The number of nitrogens with zero attached hydrogens (tertiary/aromatic N) is 3. The molecule has 2 unspecified atom stereocenters. The van der Waals surface area contributed by atoms with Crippen LogP contribution in [0.5, 0.6) is 5.75 Å². The smallest absolute Gasteiger partial charge is 0.408 e. The number of methoxy groups -OCH3 is 1. The molecule has 0 spiro atoms. The van der Waals surface area contributed by atoms with E-state index in [9.17, 15) is 24.8 Å². The lowest BCUT2D eigenvalue weighted by atomic mass is 9.64. The second-order valence-electron chi connectivity index (χ2n) is 18.1. The number of aryl methyl sites for hydroxylation is 1. The van der Waals surface area contributed by atoms with Crippen LogP contribution < -0.4 is 10.1 Å². The molecule has 0 aromatic heterocycles. The minimum absolute atomic E-state index is 0.00307. The second kappa shape index (κ2) is 17.3. The molecule has 66 heavy (non-hydrogen) atoms. The molecule has 2 aliphatic carbocycles. The first-order valence-corrected chi connectivity index (χ1v) is 23.5. The third-order valence-electron chi connectivity index (χ3n) is 14.6. The van der Waals surface area contributed by atoms with Crippen molar-refractivity contribution in [2.45, 2.75) is 88.0 Å². The van der Waals surface area contributed by atoms with E-state index >= 15 is 0 Å². The molecule has 7 atom stereocenters. The van der Waals surface area contributed by atoms with Gasteiger partial charge in [0.1, 0.15) is 31.0 Å². The molecule has 0 saturated carbocycles. The van der Waals surface area contributed by atoms with Crippen molar-refractivity contribution in [2.75, 3.05) is 39.1 Å². The molecule has 2 bridgehead atoms.